The third-order valence-electron chi connectivity index (χ3n) is 6.30. The van der Waals surface area contributed by atoms with Gasteiger partial charge >= 0.3 is 0 Å². The lowest BCUT2D eigenvalue weighted by atomic mass is 9.97. The molecule has 1 fully saturated rings. The number of carbonyl (C=O) groups excluding carboxylic acids is 1. The van der Waals surface area contributed by atoms with Crippen molar-refractivity contribution in [2.24, 2.45) is 5.92 Å². The molecule has 2 heterocycles. The minimum atomic E-state index is -0.249. The minimum absolute atomic E-state index is 0.140. The molecule has 1 aliphatic heterocycles. The van der Waals surface area contributed by atoms with Crippen LogP contribution in [0.15, 0.2) is 85.3 Å². The van der Waals surface area contributed by atoms with Crippen LogP contribution in [0.2, 0.25) is 0 Å². The summed E-state index contributed by atoms with van der Waals surface area (Å²) in [5.41, 5.74) is 3.92. The average Bonchev–Trinajstić information content (AvgIpc) is 3.56. The number of aromatic nitrogens is 2. The van der Waals surface area contributed by atoms with Crippen molar-refractivity contribution < 1.29 is 9.53 Å². The van der Waals surface area contributed by atoms with Gasteiger partial charge in [0.1, 0.15) is 0 Å². The smallest absolute Gasteiger partial charge is 0.232 e. The molecule has 0 saturated carbocycles. The van der Waals surface area contributed by atoms with Crippen molar-refractivity contribution in [3.05, 3.63) is 96.5 Å². The maximum Gasteiger partial charge on any atom is 0.232 e. The second kappa shape index (κ2) is 11.7. The zero-order valence-corrected chi connectivity index (χ0v) is 19.9. The highest BCUT2D eigenvalue weighted by Crippen LogP contribution is 2.24. The van der Waals surface area contributed by atoms with E-state index in [4.69, 9.17) is 4.74 Å². The molecule has 6 heteroatoms. The summed E-state index contributed by atoms with van der Waals surface area (Å²) >= 11 is 0. The fourth-order valence-corrected chi connectivity index (χ4v) is 4.22. The molecule has 0 spiro atoms. The van der Waals surface area contributed by atoms with E-state index in [-0.39, 0.29) is 17.7 Å². The summed E-state index contributed by atoms with van der Waals surface area (Å²) in [6.45, 7) is 9.63. The fourth-order valence-electron chi connectivity index (χ4n) is 4.22. The van der Waals surface area contributed by atoms with Gasteiger partial charge in [0.2, 0.25) is 5.91 Å². The largest absolute Gasteiger partial charge is 0.376 e. The van der Waals surface area contributed by atoms with Crippen LogP contribution in [0.4, 0.5) is 5.69 Å². The van der Waals surface area contributed by atoms with Gasteiger partial charge in [-0.3, -0.25) is 9.48 Å². The molecule has 1 aliphatic rings. The minimum Gasteiger partial charge on any atom is -0.376 e. The van der Waals surface area contributed by atoms with Crippen molar-refractivity contribution in [3.8, 4) is 0 Å². The lowest BCUT2D eigenvalue weighted by Gasteiger charge is -2.23. The molecule has 34 heavy (non-hydrogen) atoms. The highest BCUT2D eigenvalue weighted by atomic mass is 16.5. The van der Waals surface area contributed by atoms with Gasteiger partial charge in [0.15, 0.2) is 0 Å². The second-order valence-electron chi connectivity index (χ2n) is 9.00. The van der Waals surface area contributed by atoms with Gasteiger partial charge in [-0.25, -0.2) is 0 Å². The van der Waals surface area contributed by atoms with E-state index < -0.39 is 0 Å². The molecule has 6 nitrogen and oxygen atoms in total. The molecule has 4 rings (SSSR count). The first-order chi connectivity index (χ1) is 16.6. The van der Waals surface area contributed by atoms with Gasteiger partial charge in [-0.2, -0.15) is 5.10 Å². The van der Waals surface area contributed by atoms with E-state index in [2.05, 4.69) is 36.1 Å². The van der Waals surface area contributed by atoms with Crippen molar-refractivity contribution in [1.29, 1.82) is 0 Å². The first kappa shape index (κ1) is 23.8. The normalized spacial score (nSPS) is 15.1. The maximum absolute atomic E-state index is 13.3. The molecule has 2 atom stereocenters. The van der Waals surface area contributed by atoms with Gasteiger partial charge < -0.3 is 15.0 Å². The average molecular weight is 459 g/mol. The first-order valence-electron chi connectivity index (χ1n) is 12.0. The predicted molar refractivity (Wildman–Crippen MR) is 135 cm³/mol. The molecule has 1 N–H and O–H groups in total. The summed E-state index contributed by atoms with van der Waals surface area (Å²) in [7, 11) is 0. The molecular weight excluding hydrogens is 424 g/mol. The van der Waals surface area contributed by atoms with Gasteiger partial charge in [-0.15, -0.1) is 0 Å². The number of nitrogens with one attached hydrogen (secondary N) is 1. The summed E-state index contributed by atoms with van der Waals surface area (Å²) in [5.74, 6) is 0.0729. The summed E-state index contributed by atoms with van der Waals surface area (Å²) < 4.78 is 7.70. The lowest BCUT2D eigenvalue weighted by Crippen LogP contribution is -2.34. The molecule has 0 bridgehead atoms. The number of hydrogen-bond donors (Lipinski definition) is 1. The molecule has 1 saturated heterocycles. The van der Waals surface area contributed by atoms with E-state index in [0.29, 0.717) is 19.8 Å². The Kier molecular flexibility index (Phi) is 8.15. The van der Waals surface area contributed by atoms with Crippen molar-refractivity contribution in [1.82, 2.24) is 14.7 Å². The summed E-state index contributed by atoms with van der Waals surface area (Å²) in [6, 6.07) is 20.2. The number of benzene rings is 2. The monoisotopic (exact) mass is 458 g/mol. The Bertz CT molecular complexity index is 1060. The fraction of sp³-hybridized carbons (Fsp3) is 0.357. The van der Waals surface area contributed by atoms with Crippen LogP contribution in [-0.2, 0) is 22.7 Å². The topological polar surface area (TPSA) is 59.4 Å². The van der Waals surface area contributed by atoms with Crippen LogP contribution in [0.3, 0.4) is 0 Å². The molecular formula is C28H34N4O2. The van der Waals surface area contributed by atoms with Gasteiger partial charge in [-0.1, -0.05) is 74.2 Å². The number of carbonyl (C=O) groups is 1. The maximum atomic E-state index is 13.3. The summed E-state index contributed by atoms with van der Waals surface area (Å²) in [5, 5.41) is 7.87. The van der Waals surface area contributed by atoms with Gasteiger partial charge in [0.05, 0.1) is 37.6 Å². The van der Waals surface area contributed by atoms with E-state index in [9.17, 15) is 4.79 Å². The van der Waals surface area contributed by atoms with Crippen LogP contribution in [0.5, 0.6) is 0 Å². The first-order valence-corrected chi connectivity index (χ1v) is 12.0. The molecule has 2 aromatic carbocycles. The van der Waals surface area contributed by atoms with E-state index in [1.165, 1.54) is 0 Å². The predicted octanol–water partition coefficient (Wildman–Crippen LogP) is 5.07. The number of ether oxygens (including phenoxy) is 1. The quantitative estimate of drug-likeness (QED) is 0.436. The third-order valence-corrected chi connectivity index (χ3v) is 6.30. The Morgan fingerprint density at radius 3 is 2.47 bits per heavy atom. The zero-order valence-electron chi connectivity index (χ0n) is 19.9. The van der Waals surface area contributed by atoms with Crippen LogP contribution < -0.4 is 5.32 Å². The Labute approximate surface area is 202 Å². The van der Waals surface area contributed by atoms with Crippen molar-refractivity contribution in [2.75, 3.05) is 25.0 Å². The molecule has 0 radical (unpaired) electrons. The molecule has 1 aromatic heterocycles. The number of hydrogen-bond acceptors (Lipinski definition) is 4. The molecule has 3 aromatic rings. The van der Waals surface area contributed by atoms with E-state index >= 15 is 0 Å². The van der Waals surface area contributed by atoms with E-state index in [0.717, 1.165) is 48.4 Å². The van der Waals surface area contributed by atoms with Crippen LogP contribution in [0, 0.1) is 5.92 Å². The van der Waals surface area contributed by atoms with Crippen molar-refractivity contribution in [3.63, 3.8) is 0 Å². The van der Waals surface area contributed by atoms with Crippen LogP contribution in [0.25, 0.3) is 0 Å². The van der Waals surface area contributed by atoms with Crippen molar-refractivity contribution >= 4 is 11.6 Å². The summed E-state index contributed by atoms with van der Waals surface area (Å²) in [4.78, 5) is 15.3. The molecule has 0 aliphatic carbocycles. The molecule has 1 amide bonds. The number of likely N-dealkylation sites (tertiary alicyclic amines) is 1. The Morgan fingerprint density at radius 1 is 1.09 bits per heavy atom. The standard InChI is InChI=1S/C28H34N4O2/c1-22(20-34-21-24-11-5-3-6-12-24)23(2)30-26-17-29-32(18-26)19-27(25-13-7-4-8-14-25)28(33)31-15-9-10-16-31/h3-8,11-14,17-18,22,27,30H,2,9-10,15-16,19-21H2,1H3. The summed E-state index contributed by atoms with van der Waals surface area (Å²) in [6.07, 6.45) is 5.89. The van der Waals surface area contributed by atoms with Crippen LogP contribution in [0.1, 0.15) is 36.8 Å². The van der Waals surface area contributed by atoms with Gasteiger partial charge in [0, 0.05) is 30.9 Å². The number of amides is 1. The number of nitrogens with zero attached hydrogens (tertiary/aromatic N) is 3. The van der Waals surface area contributed by atoms with E-state index in [1.807, 2.05) is 64.3 Å². The third kappa shape index (κ3) is 6.35. The lowest BCUT2D eigenvalue weighted by molar-refractivity contribution is -0.132. The zero-order chi connectivity index (χ0) is 23.8. The highest BCUT2D eigenvalue weighted by molar-refractivity contribution is 5.84. The van der Waals surface area contributed by atoms with E-state index in [1.54, 1.807) is 6.20 Å². The molecule has 2 unspecified atom stereocenters. The number of anilines is 1. The Hall–Kier alpha value is -3.38. The van der Waals surface area contributed by atoms with Crippen LogP contribution in [-0.4, -0.2) is 40.3 Å². The second-order valence-corrected chi connectivity index (χ2v) is 9.00. The van der Waals surface area contributed by atoms with Gasteiger partial charge in [0.25, 0.3) is 0 Å². The van der Waals surface area contributed by atoms with Crippen LogP contribution >= 0.6 is 0 Å². The van der Waals surface area contributed by atoms with Gasteiger partial charge in [-0.05, 0) is 24.0 Å². The van der Waals surface area contributed by atoms with Crippen molar-refractivity contribution in [2.45, 2.75) is 38.8 Å². The molecule has 178 valence electrons. The number of rotatable bonds is 11. The Morgan fingerprint density at radius 2 is 1.76 bits per heavy atom. The Balaban J connectivity index is 1.33. The highest BCUT2D eigenvalue weighted by Gasteiger charge is 2.28. The SMILES string of the molecule is C=C(Nc1cnn(CC(C(=O)N2CCCC2)c2ccccc2)c1)C(C)COCc1ccccc1.